The number of hydrogen-bond donors (Lipinski definition) is 3. The molecule has 12 heteroatoms. The Labute approximate surface area is 223 Å². The van der Waals surface area contributed by atoms with E-state index < -0.39 is 22.0 Å². The highest BCUT2D eigenvalue weighted by molar-refractivity contribution is 7.89. The molecule has 1 aliphatic rings. The van der Waals surface area contributed by atoms with Crippen LogP contribution in [0.15, 0.2) is 64.4 Å². The normalized spacial score (nSPS) is 14.4. The molecule has 2 aromatic heterocycles. The largest absolute Gasteiger partial charge is 0.382 e. The predicted molar refractivity (Wildman–Crippen MR) is 145 cm³/mol. The second-order valence-corrected chi connectivity index (χ2v) is 11.4. The molecule has 10 nitrogen and oxygen atoms in total. The SMILES string of the molecule is C[C@H](NC(=O)c1nc(-c2cccc(S(=O)(=O)NC3CC3)c2)cnc1N)c1cc2cccc(Cl)c2c(=O)n1C. The number of benzene rings is 2. The zero-order valence-corrected chi connectivity index (χ0v) is 22.2. The Balaban J connectivity index is 1.43. The summed E-state index contributed by atoms with van der Waals surface area (Å²) in [5.41, 5.74) is 6.89. The van der Waals surface area contributed by atoms with Gasteiger partial charge in [-0.25, -0.2) is 23.1 Å². The number of carbonyl (C=O) groups is 1. The number of nitrogens with one attached hydrogen (secondary N) is 2. The number of amides is 1. The summed E-state index contributed by atoms with van der Waals surface area (Å²) in [6.45, 7) is 1.73. The minimum Gasteiger partial charge on any atom is -0.382 e. The number of aromatic nitrogens is 3. The number of fused-ring (bicyclic) bond motifs is 1. The van der Waals surface area contributed by atoms with E-state index in [-0.39, 0.29) is 33.7 Å². The second-order valence-electron chi connectivity index (χ2n) is 9.25. The third-order valence-electron chi connectivity index (χ3n) is 6.40. The minimum atomic E-state index is -3.67. The summed E-state index contributed by atoms with van der Waals surface area (Å²) < 4.78 is 29.4. The summed E-state index contributed by atoms with van der Waals surface area (Å²) in [4.78, 5) is 34.7. The quantitative estimate of drug-likeness (QED) is 0.319. The number of pyridine rings is 1. The Morgan fingerprint density at radius 3 is 2.66 bits per heavy atom. The summed E-state index contributed by atoms with van der Waals surface area (Å²) in [6.07, 6.45) is 3.02. The molecule has 1 amide bonds. The monoisotopic (exact) mass is 552 g/mol. The maximum atomic E-state index is 13.2. The lowest BCUT2D eigenvalue weighted by molar-refractivity contribution is 0.0934. The molecule has 196 valence electrons. The molecule has 1 saturated carbocycles. The lowest BCUT2D eigenvalue weighted by Crippen LogP contribution is -2.32. The molecule has 1 aliphatic carbocycles. The van der Waals surface area contributed by atoms with Gasteiger partial charge in [-0.3, -0.25) is 9.59 Å². The number of carbonyl (C=O) groups excluding carboxylic acids is 1. The predicted octanol–water partition coefficient (Wildman–Crippen LogP) is 3.16. The van der Waals surface area contributed by atoms with Crippen LogP contribution in [0.3, 0.4) is 0 Å². The molecule has 0 spiro atoms. The summed E-state index contributed by atoms with van der Waals surface area (Å²) in [6, 6.07) is 12.6. The van der Waals surface area contributed by atoms with Crippen molar-refractivity contribution < 1.29 is 13.2 Å². The Hall–Kier alpha value is -3.80. The number of hydrogen-bond acceptors (Lipinski definition) is 7. The minimum absolute atomic E-state index is 0.0312. The maximum Gasteiger partial charge on any atom is 0.274 e. The van der Waals surface area contributed by atoms with E-state index >= 15 is 0 Å². The molecule has 2 heterocycles. The third kappa shape index (κ3) is 5.00. The fourth-order valence-electron chi connectivity index (χ4n) is 4.20. The standard InChI is InChI=1S/C26H25ClN6O4S/c1-14(21-12-16-6-4-8-19(27)22(16)26(35)33(21)2)30-25(34)23-24(28)29-13-20(31-23)15-5-3-7-18(11-15)38(36,37)32-17-9-10-17/h3-8,11-14,17,32H,9-10H2,1-2H3,(H2,28,29)(H,30,34)/t14-/m0/s1. The lowest BCUT2D eigenvalue weighted by atomic mass is 10.1. The number of nitrogens with two attached hydrogens (primary N) is 1. The van der Waals surface area contributed by atoms with Gasteiger partial charge in [-0.1, -0.05) is 35.9 Å². The van der Waals surface area contributed by atoms with Crippen LogP contribution in [0.25, 0.3) is 22.0 Å². The van der Waals surface area contributed by atoms with Crippen LogP contribution < -0.4 is 21.3 Å². The van der Waals surface area contributed by atoms with Crippen molar-refractivity contribution >= 4 is 44.1 Å². The van der Waals surface area contributed by atoms with E-state index in [1.165, 1.54) is 22.9 Å². The molecule has 5 rings (SSSR count). The van der Waals surface area contributed by atoms with Crippen molar-refractivity contribution in [2.45, 2.75) is 36.7 Å². The van der Waals surface area contributed by atoms with E-state index in [1.54, 1.807) is 50.4 Å². The van der Waals surface area contributed by atoms with Gasteiger partial charge in [0.05, 0.1) is 33.2 Å². The van der Waals surface area contributed by atoms with E-state index in [2.05, 4.69) is 20.0 Å². The van der Waals surface area contributed by atoms with Gasteiger partial charge in [-0.15, -0.1) is 0 Å². The molecule has 4 aromatic rings. The van der Waals surface area contributed by atoms with Crippen molar-refractivity contribution in [3.8, 4) is 11.3 Å². The molecule has 1 atom stereocenters. The molecule has 4 N–H and O–H groups in total. The topological polar surface area (TPSA) is 149 Å². The van der Waals surface area contributed by atoms with Crippen LogP contribution in [0.5, 0.6) is 0 Å². The molecule has 0 bridgehead atoms. The van der Waals surface area contributed by atoms with Crippen molar-refractivity contribution in [1.82, 2.24) is 24.6 Å². The zero-order valence-electron chi connectivity index (χ0n) is 20.6. The maximum absolute atomic E-state index is 13.2. The van der Waals surface area contributed by atoms with Gasteiger partial charge in [-0.2, -0.15) is 0 Å². The van der Waals surface area contributed by atoms with Crippen LogP contribution in [0.1, 0.15) is 42.0 Å². The van der Waals surface area contributed by atoms with Gasteiger partial charge < -0.3 is 15.6 Å². The van der Waals surface area contributed by atoms with Crippen LogP contribution >= 0.6 is 11.6 Å². The number of rotatable bonds is 7. The number of halogens is 1. The molecule has 1 fully saturated rings. The number of anilines is 1. The summed E-state index contributed by atoms with van der Waals surface area (Å²) in [5.74, 6) is -0.682. The molecule has 0 saturated heterocycles. The van der Waals surface area contributed by atoms with Crippen molar-refractivity contribution in [3.63, 3.8) is 0 Å². The fourth-order valence-corrected chi connectivity index (χ4v) is 5.81. The van der Waals surface area contributed by atoms with Gasteiger partial charge >= 0.3 is 0 Å². The number of nitrogens with zero attached hydrogens (tertiary/aromatic N) is 3. The van der Waals surface area contributed by atoms with E-state index in [0.29, 0.717) is 27.1 Å². The second kappa shape index (κ2) is 9.82. The van der Waals surface area contributed by atoms with Crippen LogP contribution in [0, 0.1) is 0 Å². The van der Waals surface area contributed by atoms with Crippen molar-refractivity contribution in [1.29, 1.82) is 0 Å². The van der Waals surface area contributed by atoms with Gasteiger partial charge in [0.25, 0.3) is 11.5 Å². The van der Waals surface area contributed by atoms with Crippen molar-refractivity contribution in [3.05, 3.63) is 81.5 Å². The molecule has 2 aromatic carbocycles. The summed E-state index contributed by atoms with van der Waals surface area (Å²) in [5, 5.41) is 4.23. The first-order valence-electron chi connectivity index (χ1n) is 11.9. The van der Waals surface area contributed by atoms with E-state index in [9.17, 15) is 18.0 Å². The molecular weight excluding hydrogens is 528 g/mol. The number of sulfonamides is 1. The summed E-state index contributed by atoms with van der Waals surface area (Å²) >= 11 is 6.22. The van der Waals surface area contributed by atoms with Gasteiger partial charge in [-0.05, 0) is 49.4 Å². The highest BCUT2D eigenvalue weighted by Crippen LogP contribution is 2.26. The Bertz CT molecular complexity index is 1750. The van der Waals surface area contributed by atoms with E-state index in [4.69, 9.17) is 17.3 Å². The third-order valence-corrected chi connectivity index (χ3v) is 8.23. The van der Waals surface area contributed by atoms with Crippen LogP contribution in [-0.2, 0) is 17.1 Å². The highest BCUT2D eigenvalue weighted by Gasteiger charge is 2.28. The van der Waals surface area contributed by atoms with E-state index in [1.807, 2.05) is 0 Å². The first-order valence-corrected chi connectivity index (χ1v) is 13.8. The van der Waals surface area contributed by atoms with Gasteiger partial charge in [0, 0.05) is 24.3 Å². The first-order chi connectivity index (χ1) is 18.0. The Kier molecular flexibility index (Phi) is 6.68. The summed E-state index contributed by atoms with van der Waals surface area (Å²) in [7, 11) is -2.06. The Morgan fingerprint density at radius 2 is 1.92 bits per heavy atom. The van der Waals surface area contributed by atoms with Gasteiger partial charge in [0.15, 0.2) is 11.5 Å². The van der Waals surface area contributed by atoms with Crippen LogP contribution in [0.4, 0.5) is 5.82 Å². The van der Waals surface area contributed by atoms with Crippen LogP contribution in [-0.4, -0.2) is 34.9 Å². The van der Waals surface area contributed by atoms with Crippen molar-refractivity contribution in [2.24, 2.45) is 7.05 Å². The average Bonchev–Trinajstić information content (AvgIpc) is 3.69. The molecule has 38 heavy (non-hydrogen) atoms. The molecular formula is C26H25ClN6O4S. The highest BCUT2D eigenvalue weighted by atomic mass is 35.5. The van der Waals surface area contributed by atoms with Crippen LogP contribution in [0.2, 0.25) is 5.02 Å². The Morgan fingerprint density at radius 1 is 1.18 bits per heavy atom. The first kappa shape index (κ1) is 25.8. The van der Waals surface area contributed by atoms with E-state index in [0.717, 1.165) is 12.8 Å². The smallest absolute Gasteiger partial charge is 0.274 e. The van der Waals surface area contributed by atoms with Gasteiger partial charge in [0.2, 0.25) is 10.0 Å². The van der Waals surface area contributed by atoms with Crippen molar-refractivity contribution in [2.75, 3.05) is 5.73 Å². The lowest BCUT2D eigenvalue weighted by Gasteiger charge is -2.19. The average molecular weight is 553 g/mol. The number of nitrogen functional groups attached to an aromatic ring is 1. The molecule has 0 unspecified atom stereocenters. The molecule has 0 aliphatic heterocycles. The molecule has 0 radical (unpaired) electrons. The zero-order chi connectivity index (χ0) is 27.2. The van der Waals surface area contributed by atoms with Gasteiger partial charge in [0.1, 0.15) is 0 Å². The fraction of sp³-hybridized carbons (Fsp3) is 0.231.